The molecule has 2 aromatic rings. The number of hydrogen-bond acceptors (Lipinski definition) is 0. The summed E-state index contributed by atoms with van der Waals surface area (Å²) in [5.74, 6) is 0. The molecule has 0 aliphatic carbocycles. The number of benzene rings is 1. The summed E-state index contributed by atoms with van der Waals surface area (Å²) in [5.41, 5.74) is 0.422. The van der Waals surface area contributed by atoms with Crippen molar-refractivity contribution in [3.8, 4) is 5.69 Å². The molecule has 0 amide bonds. The van der Waals surface area contributed by atoms with E-state index < -0.39 is 11.7 Å². The van der Waals surface area contributed by atoms with E-state index in [9.17, 15) is 13.2 Å². The highest BCUT2D eigenvalue weighted by Crippen LogP contribution is 2.40. The van der Waals surface area contributed by atoms with E-state index in [1.807, 2.05) is 0 Å². The molecule has 1 aromatic heterocycles. The molecule has 1 aromatic carbocycles. The van der Waals surface area contributed by atoms with Crippen LogP contribution in [-0.2, 0) is 6.18 Å². The van der Waals surface area contributed by atoms with Crippen LogP contribution in [0.5, 0.6) is 0 Å². The maximum atomic E-state index is 13.1. The van der Waals surface area contributed by atoms with Gasteiger partial charge in [0.05, 0.1) is 16.3 Å². The van der Waals surface area contributed by atoms with Crippen molar-refractivity contribution in [2.75, 3.05) is 0 Å². The number of rotatable bonds is 1. The first-order chi connectivity index (χ1) is 8.71. The number of halogens is 5. The molecule has 0 saturated heterocycles. The van der Waals surface area contributed by atoms with Crippen molar-refractivity contribution in [2.24, 2.45) is 0 Å². The summed E-state index contributed by atoms with van der Waals surface area (Å²) >= 11 is 11.6. The minimum Gasteiger partial charge on any atom is -0.316 e. The van der Waals surface area contributed by atoms with Crippen LogP contribution in [0.25, 0.3) is 5.69 Å². The lowest BCUT2D eigenvalue weighted by molar-refractivity contribution is -0.137. The first kappa shape index (κ1) is 14.3. The SMILES string of the molecule is Cc1ccc(C)n1-c1c(Cl)cc(Cl)cc1C(F)(F)F. The van der Waals surface area contributed by atoms with Crippen LogP contribution in [0.4, 0.5) is 13.2 Å². The molecule has 0 radical (unpaired) electrons. The van der Waals surface area contributed by atoms with Crippen LogP contribution in [0, 0.1) is 13.8 Å². The van der Waals surface area contributed by atoms with Crippen LogP contribution < -0.4 is 0 Å². The van der Waals surface area contributed by atoms with Crippen molar-refractivity contribution >= 4 is 23.2 Å². The lowest BCUT2D eigenvalue weighted by Crippen LogP contribution is -2.13. The number of nitrogens with zero attached hydrogens (tertiary/aromatic N) is 1. The normalized spacial score (nSPS) is 11.9. The summed E-state index contributed by atoms with van der Waals surface area (Å²) in [7, 11) is 0. The summed E-state index contributed by atoms with van der Waals surface area (Å²) in [4.78, 5) is 0. The van der Waals surface area contributed by atoms with Gasteiger partial charge in [0.25, 0.3) is 0 Å². The minimum absolute atomic E-state index is 0.0257. The summed E-state index contributed by atoms with van der Waals surface area (Å²) in [6, 6.07) is 5.68. The molecule has 1 nitrogen and oxygen atoms in total. The summed E-state index contributed by atoms with van der Waals surface area (Å²) < 4.78 is 40.9. The highest BCUT2D eigenvalue weighted by Gasteiger charge is 2.36. The molecule has 0 unspecified atom stereocenters. The van der Waals surface area contributed by atoms with Gasteiger partial charge in [-0.15, -0.1) is 0 Å². The molecule has 19 heavy (non-hydrogen) atoms. The van der Waals surface area contributed by atoms with E-state index in [2.05, 4.69) is 0 Å². The molecule has 6 heteroatoms. The third kappa shape index (κ3) is 2.60. The zero-order valence-corrected chi connectivity index (χ0v) is 11.7. The van der Waals surface area contributed by atoms with Crippen LogP contribution in [0.2, 0.25) is 10.0 Å². The monoisotopic (exact) mass is 307 g/mol. The molecule has 0 bridgehead atoms. The molecule has 0 aliphatic heterocycles. The standard InChI is InChI=1S/C13H10Cl2F3N/c1-7-3-4-8(2)19(7)12-10(13(16,17)18)5-9(14)6-11(12)15/h3-6H,1-2H3. The van der Waals surface area contributed by atoms with E-state index in [-0.39, 0.29) is 15.7 Å². The van der Waals surface area contributed by atoms with Gasteiger partial charge in [0, 0.05) is 16.4 Å². The van der Waals surface area contributed by atoms with Crippen LogP contribution in [0.3, 0.4) is 0 Å². The average molecular weight is 308 g/mol. The predicted octanol–water partition coefficient (Wildman–Crippen LogP) is 5.42. The van der Waals surface area contributed by atoms with Gasteiger partial charge in [0.2, 0.25) is 0 Å². The van der Waals surface area contributed by atoms with Crippen LogP contribution in [0.15, 0.2) is 24.3 Å². The van der Waals surface area contributed by atoms with E-state index in [1.165, 1.54) is 10.6 Å². The molecular formula is C13H10Cl2F3N. The van der Waals surface area contributed by atoms with Crippen molar-refractivity contribution in [1.82, 2.24) is 4.57 Å². The summed E-state index contributed by atoms with van der Waals surface area (Å²) in [6.45, 7) is 3.44. The average Bonchev–Trinajstić information content (AvgIpc) is 2.57. The first-order valence-corrected chi connectivity index (χ1v) is 6.19. The van der Waals surface area contributed by atoms with E-state index in [4.69, 9.17) is 23.2 Å². The number of alkyl halides is 3. The number of aromatic nitrogens is 1. The van der Waals surface area contributed by atoms with Gasteiger partial charge in [-0.1, -0.05) is 23.2 Å². The lowest BCUT2D eigenvalue weighted by atomic mass is 10.1. The van der Waals surface area contributed by atoms with Crippen LogP contribution in [-0.4, -0.2) is 4.57 Å². The van der Waals surface area contributed by atoms with Crippen molar-refractivity contribution in [3.63, 3.8) is 0 Å². The third-order valence-corrected chi connectivity index (χ3v) is 3.33. The van der Waals surface area contributed by atoms with Gasteiger partial charge in [-0.25, -0.2) is 0 Å². The topological polar surface area (TPSA) is 4.93 Å². The predicted molar refractivity (Wildman–Crippen MR) is 70.3 cm³/mol. The molecule has 0 aliphatic rings. The van der Waals surface area contributed by atoms with Crippen LogP contribution in [0.1, 0.15) is 17.0 Å². The Morgan fingerprint density at radius 3 is 2.00 bits per heavy atom. The Morgan fingerprint density at radius 2 is 1.53 bits per heavy atom. The van der Waals surface area contributed by atoms with E-state index >= 15 is 0 Å². The first-order valence-electron chi connectivity index (χ1n) is 5.43. The summed E-state index contributed by atoms with van der Waals surface area (Å²) in [6.07, 6.45) is -4.52. The van der Waals surface area contributed by atoms with Gasteiger partial charge >= 0.3 is 6.18 Å². The smallest absolute Gasteiger partial charge is 0.316 e. The van der Waals surface area contributed by atoms with E-state index in [0.717, 1.165) is 6.07 Å². The zero-order chi connectivity index (χ0) is 14.4. The highest BCUT2D eigenvalue weighted by molar-refractivity contribution is 6.36. The maximum Gasteiger partial charge on any atom is 0.418 e. The second-order valence-corrected chi connectivity index (χ2v) is 5.08. The molecule has 1 heterocycles. The van der Waals surface area contributed by atoms with Crippen molar-refractivity contribution < 1.29 is 13.2 Å². The molecule has 2 rings (SSSR count). The second-order valence-electron chi connectivity index (χ2n) is 4.23. The largest absolute Gasteiger partial charge is 0.418 e. The fourth-order valence-electron chi connectivity index (χ4n) is 2.03. The Kier molecular flexibility index (Phi) is 3.58. The van der Waals surface area contributed by atoms with Gasteiger partial charge in [0.1, 0.15) is 0 Å². The second kappa shape index (κ2) is 4.76. The van der Waals surface area contributed by atoms with E-state index in [1.54, 1.807) is 26.0 Å². The highest BCUT2D eigenvalue weighted by atomic mass is 35.5. The Balaban J connectivity index is 2.83. The fourth-order valence-corrected chi connectivity index (χ4v) is 2.61. The third-order valence-electron chi connectivity index (χ3n) is 2.83. The van der Waals surface area contributed by atoms with Gasteiger partial charge in [-0.2, -0.15) is 13.2 Å². The zero-order valence-electron chi connectivity index (χ0n) is 10.1. The van der Waals surface area contributed by atoms with E-state index in [0.29, 0.717) is 11.4 Å². The van der Waals surface area contributed by atoms with Gasteiger partial charge in [-0.05, 0) is 38.1 Å². The Morgan fingerprint density at radius 1 is 1.00 bits per heavy atom. The number of hydrogen-bond donors (Lipinski definition) is 0. The molecular weight excluding hydrogens is 298 g/mol. The van der Waals surface area contributed by atoms with Crippen molar-refractivity contribution in [3.05, 3.63) is 51.3 Å². The molecule has 0 atom stereocenters. The Labute approximate surface area is 118 Å². The van der Waals surface area contributed by atoms with Gasteiger partial charge in [-0.3, -0.25) is 0 Å². The van der Waals surface area contributed by atoms with Crippen molar-refractivity contribution in [2.45, 2.75) is 20.0 Å². The molecule has 0 N–H and O–H groups in total. The minimum atomic E-state index is -4.52. The molecule has 0 saturated carbocycles. The van der Waals surface area contributed by atoms with Crippen molar-refractivity contribution in [1.29, 1.82) is 0 Å². The number of aryl methyl sites for hydroxylation is 2. The lowest BCUT2D eigenvalue weighted by Gasteiger charge is -2.18. The molecule has 0 fully saturated rings. The molecule has 102 valence electrons. The maximum absolute atomic E-state index is 13.1. The summed E-state index contributed by atoms with van der Waals surface area (Å²) in [5, 5.41) is -0.0641. The fraction of sp³-hybridized carbons (Fsp3) is 0.231. The Bertz CT molecular complexity index is 610. The van der Waals surface area contributed by atoms with Gasteiger partial charge < -0.3 is 4.57 Å². The Hall–Kier alpha value is -1.13. The van der Waals surface area contributed by atoms with Gasteiger partial charge in [0.15, 0.2) is 0 Å². The van der Waals surface area contributed by atoms with Crippen LogP contribution >= 0.6 is 23.2 Å². The quantitative estimate of drug-likeness (QED) is 0.663. The molecule has 0 spiro atoms.